The van der Waals surface area contributed by atoms with Gasteiger partial charge in [-0.15, -0.1) is 0 Å². The second kappa shape index (κ2) is 9.31. The molecule has 2 aromatic rings. The van der Waals surface area contributed by atoms with Gasteiger partial charge in [0.2, 0.25) is 11.8 Å². The molecule has 0 bridgehead atoms. The zero-order valence-electron chi connectivity index (χ0n) is 15.1. The lowest BCUT2D eigenvalue weighted by atomic mass is 10.2. The lowest BCUT2D eigenvalue weighted by molar-refractivity contribution is 0.0636. The van der Waals surface area contributed by atoms with Crippen molar-refractivity contribution in [2.24, 2.45) is 0 Å². The molecule has 0 unspecified atom stereocenters. The zero-order chi connectivity index (χ0) is 18.9. The zero-order valence-corrected chi connectivity index (χ0v) is 15.1. The summed E-state index contributed by atoms with van der Waals surface area (Å²) in [4.78, 5) is 19.2. The van der Waals surface area contributed by atoms with Crippen molar-refractivity contribution < 1.29 is 19.0 Å². The molecule has 0 fully saturated rings. The van der Waals surface area contributed by atoms with E-state index in [1.54, 1.807) is 58.3 Å². The number of anilines is 2. The lowest BCUT2D eigenvalue weighted by Gasteiger charge is -2.19. The second-order valence-corrected chi connectivity index (χ2v) is 5.85. The van der Waals surface area contributed by atoms with E-state index >= 15 is 0 Å². The van der Waals surface area contributed by atoms with E-state index in [2.05, 4.69) is 15.3 Å². The van der Waals surface area contributed by atoms with Crippen LogP contribution in [0.1, 0.15) is 20.8 Å². The summed E-state index contributed by atoms with van der Waals surface area (Å²) < 4.78 is 14.8. The highest BCUT2D eigenvalue weighted by molar-refractivity contribution is 5.84. The third-order valence-electron chi connectivity index (χ3n) is 2.56. The molecule has 0 saturated heterocycles. The number of amides is 1. The smallest absolute Gasteiger partial charge is 0.412 e. The minimum absolute atomic E-state index is 0.495. The van der Waals surface area contributed by atoms with Gasteiger partial charge in [-0.05, 0) is 32.9 Å². The minimum atomic E-state index is -0.510. The van der Waals surface area contributed by atoms with E-state index in [0.29, 0.717) is 23.1 Å². The van der Waals surface area contributed by atoms with Gasteiger partial charge in [0.15, 0.2) is 0 Å². The number of carbonyl (C=O) groups excluding carboxylic acids is 1. The van der Waals surface area contributed by atoms with Crippen molar-refractivity contribution in [2.75, 3.05) is 25.3 Å². The van der Waals surface area contributed by atoms with Gasteiger partial charge in [-0.1, -0.05) is 0 Å². The van der Waals surface area contributed by atoms with Crippen molar-refractivity contribution in [3.05, 3.63) is 36.7 Å². The van der Waals surface area contributed by atoms with Crippen LogP contribution in [-0.4, -0.2) is 35.9 Å². The molecular weight excluding hydrogens is 324 g/mol. The molecule has 136 valence electrons. The molecule has 0 radical (unpaired) electrons. The minimum Gasteiger partial charge on any atom is -0.481 e. The van der Waals surface area contributed by atoms with E-state index in [4.69, 9.17) is 19.9 Å². The maximum atomic E-state index is 11.4. The van der Waals surface area contributed by atoms with Gasteiger partial charge in [-0.3, -0.25) is 5.32 Å². The Balaban J connectivity index is 0.000000293. The predicted molar refractivity (Wildman–Crippen MR) is 95.8 cm³/mol. The highest BCUT2D eigenvalue weighted by Crippen LogP contribution is 2.13. The SMILES string of the molecule is COc1ccc(N)cn1.COc1ccc(NC(=O)OC(C)(C)C)cn1. The molecule has 2 heterocycles. The highest BCUT2D eigenvalue weighted by Gasteiger charge is 2.16. The van der Waals surface area contributed by atoms with Crippen LogP contribution in [0.15, 0.2) is 36.7 Å². The quantitative estimate of drug-likeness (QED) is 0.877. The lowest BCUT2D eigenvalue weighted by Crippen LogP contribution is -2.27. The molecule has 0 spiro atoms. The summed E-state index contributed by atoms with van der Waals surface area (Å²) in [7, 11) is 3.10. The molecular formula is C17H24N4O4. The van der Waals surface area contributed by atoms with Gasteiger partial charge in [0, 0.05) is 12.1 Å². The molecule has 0 atom stereocenters. The Hall–Kier alpha value is -3.03. The molecule has 0 saturated carbocycles. The number of pyridine rings is 2. The van der Waals surface area contributed by atoms with Crippen LogP contribution in [0.4, 0.5) is 16.2 Å². The van der Waals surface area contributed by atoms with E-state index in [1.165, 1.54) is 13.3 Å². The number of nitrogen functional groups attached to an aromatic ring is 1. The van der Waals surface area contributed by atoms with Crippen LogP contribution in [0.25, 0.3) is 0 Å². The molecule has 0 aliphatic heterocycles. The third-order valence-corrected chi connectivity index (χ3v) is 2.56. The molecule has 3 N–H and O–H groups in total. The van der Waals surface area contributed by atoms with Gasteiger partial charge < -0.3 is 19.9 Å². The largest absolute Gasteiger partial charge is 0.481 e. The first kappa shape index (κ1) is 20.0. The van der Waals surface area contributed by atoms with E-state index in [0.717, 1.165) is 0 Å². The summed E-state index contributed by atoms with van der Waals surface area (Å²) in [6.07, 6.45) is 2.56. The van der Waals surface area contributed by atoms with Crippen molar-refractivity contribution in [1.82, 2.24) is 9.97 Å². The number of hydrogen-bond donors (Lipinski definition) is 2. The molecule has 25 heavy (non-hydrogen) atoms. The summed E-state index contributed by atoms with van der Waals surface area (Å²) in [6, 6.07) is 6.81. The maximum Gasteiger partial charge on any atom is 0.412 e. The molecule has 0 aromatic carbocycles. The summed E-state index contributed by atoms with van der Waals surface area (Å²) in [5, 5.41) is 2.57. The number of aromatic nitrogens is 2. The summed E-state index contributed by atoms with van der Waals surface area (Å²) in [6.45, 7) is 5.41. The van der Waals surface area contributed by atoms with Crippen molar-refractivity contribution >= 4 is 17.5 Å². The van der Waals surface area contributed by atoms with Crippen LogP contribution in [0.2, 0.25) is 0 Å². The molecule has 1 amide bonds. The molecule has 0 aliphatic rings. The number of rotatable bonds is 3. The van der Waals surface area contributed by atoms with Crippen LogP contribution in [0.3, 0.4) is 0 Å². The number of nitrogens with one attached hydrogen (secondary N) is 1. The van der Waals surface area contributed by atoms with Crippen LogP contribution >= 0.6 is 0 Å². The number of nitrogens with zero attached hydrogens (tertiary/aromatic N) is 2. The summed E-state index contributed by atoms with van der Waals surface area (Å²) in [5.74, 6) is 1.08. The molecule has 8 nitrogen and oxygen atoms in total. The monoisotopic (exact) mass is 348 g/mol. The third kappa shape index (κ3) is 8.40. The topological polar surface area (TPSA) is 109 Å². The normalized spacial score (nSPS) is 10.1. The fraction of sp³-hybridized carbons (Fsp3) is 0.353. The van der Waals surface area contributed by atoms with Crippen molar-refractivity contribution in [2.45, 2.75) is 26.4 Å². The Labute approximate surface area is 147 Å². The molecule has 2 rings (SSSR count). The fourth-order valence-corrected chi connectivity index (χ4v) is 1.51. The van der Waals surface area contributed by atoms with Gasteiger partial charge in [0.1, 0.15) is 5.60 Å². The van der Waals surface area contributed by atoms with Crippen LogP contribution in [0.5, 0.6) is 11.8 Å². The summed E-state index contributed by atoms with van der Waals surface area (Å²) >= 11 is 0. The maximum absolute atomic E-state index is 11.4. The fourth-order valence-electron chi connectivity index (χ4n) is 1.51. The van der Waals surface area contributed by atoms with Gasteiger partial charge in [0.05, 0.1) is 38.0 Å². The Morgan fingerprint density at radius 3 is 1.96 bits per heavy atom. The van der Waals surface area contributed by atoms with Crippen molar-refractivity contribution in [3.8, 4) is 11.8 Å². The molecule has 8 heteroatoms. The first-order valence-corrected chi connectivity index (χ1v) is 7.49. The highest BCUT2D eigenvalue weighted by atomic mass is 16.6. The van der Waals surface area contributed by atoms with Crippen LogP contribution in [-0.2, 0) is 4.74 Å². The van der Waals surface area contributed by atoms with Crippen LogP contribution in [0, 0.1) is 0 Å². The van der Waals surface area contributed by atoms with Gasteiger partial charge >= 0.3 is 6.09 Å². The average Bonchev–Trinajstić information content (AvgIpc) is 2.55. The summed E-state index contributed by atoms with van der Waals surface area (Å²) in [5.41, 5.74) is 6.07. The first-order chi connectivity index (χ1) is 11.7. The second-order valence-electron chi connectivity index (χ2n) is 5.85. The molecule has 0 aliphatic carbocycles. The first-order valence-electron chi connectivity index (χ1n) is 7.49. The van der Waals surface area contributed by atoms with Gasteiger partial charge in [-0.25, -0.2) is 14.8 Å². The van der Waals surface area contributed by atoms with Crippen LogP contribution < -0.4 is 20.5 Å². The molecule has 2 aromatic heterocycles. The Bertz CT molecular complexity index is 652. The van der Waals surface area contributed by atoms with Gasteiger partial charge in [0.25, 0.3) is 0 Å². The Morgan fingerprint density at radius 2 is 1.56 bits per heavy atom. The average molecular weight is 348 g/mol. The van der Waals surface area contributed by atoms with E-state index in [1.807, 2.05) is 0 Å². The standard InChI is InChI=1S/C11H16N2O3.C6H8N2O/c1-11(2,3)16-10(14)13-8-5-6-9(15-4)12-7-8;1-9-6-3-2-5(7)4-8-6/h5-7H,1-4H3,(H,13,14);2-4H,7H2,1H3. The van der Waals surface area contributed by atoms with Crippen molar-refractivity contribution in [1.29, 1.82) is 0 Å². The van der Waals surface area contributed by atoms with Crippen molar-refractivity contribution in [3.63, 3.8) is 0 Å². The number of methoxy groups -OCH3 is 2. The van der Waals surface area contributed by atoms with E-state index in [9.17, 15) is 4.79 Å². The Kier molecular flexibility index (Phi) is 7.45. The number of nitrogens with two attached hydrogens (primary N) is 1. The van der Waals surface area contributed by atoms with Gasteiger partial charge in [-0.2, -0.15) is 0 Å². The number of hydrogen-bond acceptors (Lipinski definition) is 7. The predicted octanol–water partition coefficient (Wildman–Crippen LogP) is 3.11. The van der Waals surface area contributed by atoms with E-state index in [-0.39, 0.29) is 0 Å². The number of carbonyl (C=O) groups is 1. The van der Waals surface area contributed by atoms with E-state index < -0.39 is 11.7 Å². The number of ether oxygens (including phenoxy) is 3. The Morgan fingerprint density at radius 1 is 1.00 bits per heavy atom.